The van der Waals surface area contributed by atoms with Gasteiger partial charge in [-0.3, -0.25) is 4.90 Å². The molecule has 3 fully saturated rings. The van der Waals surface area contributed by atoms with Crippen molar-refractivity contribution < 1.29 is 0 Å². The van der Waals surface area contributed by atoms with Crippen LogP contribution in [-0.2, 0) is 0 Å². The highest BCUT2D eigenvalue weighted by atomic mass is 15.2. The van der Waals surface area contributed by atoms with Gasteiger partial charge in [0.05, 0.1) is 0 Å². The zero-order chi connectivity index (χ0) is 10.3. The third kappa shape index (κ3) is 2.07. The fourth-order valence-electron chi connectivity index (χ4n) is 2.92. The first-order valence-corrected chi connectivity index (χ1v) is 6.77. The molecular formula is C13H24N2. The van der Waals surface area contributed by atoms with Crippen molar-refractivity contribution in [3.63, 3.8) is 0 Å². The van der Waals surface area contributed by atoms with Crippen molar-refractivity contribution in [2.75, 3.05) is 19.6 Å². The van der Waals surface area contributed by atoms with E-state index < -0.39 is 0 Å². The molecule has 0 radical (unpaired) electrons. The monoisotopic (exact) mass is 208 g/mol. The van der Waals surface area contributed by atoms with Crippen LogP contribution >= 0.6 is 0 Å². The Kier molecular flexibility index (Phi) is 2.52. The van der Waals surface area contributed by atoms with Gasteiger partial charge >= 0.3 is 0 Å². The first kappa shape index (κ1) is 10.1. The number of nitrogens with zero attached hydrogens (tertiary/aromatic N) is 1. The Bertz CT molecular complexity index is 207. The van der Waals surface area contributed by atoms with E-state index in [4.69, 9.17) is 5.73 Å². The standard InChI is InChI=1S/C13H24N2/c14-10-13(6-1-7-13)15(8-11-2-3-11)9-12-4-5-12/h11-12H,1-10,14H2. The summed E-state index contributed by atoms with van der Waals surface area (Å²) in [7, 11) is 0. The molecule has 0 amide bonds. The van der Waals surface area contributed by atoms with E-state index in [1.165, 1.54) is 58.0 Å². The number of hydrogen-bond acceptors (Lipinski definition) is 2. The Morgan fingerprint density at radius 2 is 1.53 bits per heavy atom. The molecule has 0 bridgehead atoms. The second kappa shape index (κ2) is 3.74. The van der Waals surface area contributed by atoms with E-state index in [0.29, 0.717) is 5.54 Å². The predicted molar refractivity (Wildman–Crippen MR) is 62.7 cm³/mol. The van der Waals surface area contributed by atoms with Crippen LogP contribution in [0.3, 0.4) is 0 Å². The van der Waals surface area contributed by atoms with Gasteiger partial charge < -0.3 is 5.73 Å². The quantitative estimate of drug-likeness (QED) is 0.723. The Morgan fingerprint density at radius 3 is 1.80 bits per heavy atom. The summed E-state index contributed by atoms with van der Waals surface area (Å²) in [6.07, 6.45) is 10.0. The van der Waals surface area contributed by atoms with E-state index in [1.807, 2.05) is 0 Å². The normalized spacial score (nSPS) is 29.2. The molecule has 3 aliphatic carbocycles. The lowest BCUT2D eigenvalue weighted by Gasteiger charge is -2.50. The third-order valence-electron chi connectivity index (χ3n) is 4.69. The summed E-state index contributed by atoms with van der Waals surface area (Å²) in [4.78, 5) is 2.78. The van der Waals surface area contributed by atoms with Gasteiger partial charge in [0.25, 0.3) is 0 Å². The average molecular weight is 208 g/mol. The van der Waals surface area contributed by atoms with Crippen LogP contribution in [0.2, 0.25) is 0 Å². The van der Waals surface area contributed by atoms with Crippen molar-refractivity contribution >= 4 is 0 Å². The number of rotatable bonds is 6. The van der Waals surface area contributed by atoms with Crippen LogP contribution < -0.4 is 5.73 Å². The van der Waals surface area contributed by atoms with Gasteiger partial charge in [-0.15, -0.1) is 0 Å². The van der Waals surface area contributed by atoms with Crippen LogP contribution in [0.4, 0.5) is 0 Å². The molecule has 0 spiro atoms. The molecule has 0 aromatic heterocycles. The molecule has 0 saturated heterocycles. The van der Waals surface area contributed by atoms with E-state index in [-0.39, 0.29) is 0 Å². The van der Waals surface area contributed by atoms with E-state index >= 15 is 0 Å². The minimum absolute atomic E-state index is 0.436. The molecule has 86 valence electrons. The predicted octanol–water partition coefficient (Wildman–Crippen LogP) is 1.99. The Labute approximate surface area is 93.2 Å². The maximum Gasteiger partial charge on any atom is 0.0332 e. The first-order chi connectivity index (χ1) is 7.32. The fourth-order valence-corrected chi connectivity index (χ4v) is 2.92. The minimum Gasteiger partial charge on any atom is -0.329 e. The Balaban J connectivity index is 1.63. The highest BCUT2D eigenvalue weighted by Gasteiger charge is 2.44. The van der Waals surface area contributed by atoms with Gasteiger partial charge in [0, 0.05) is 25.2 Å². The Morgan fingerprint density at radius 1 is 1.00 bits per heavy atom. The molecule has 0 heterocycles. The van der Waals surface area contributed by atoms with E-state index in [1.54, 1.807) is 0 Å². The van der Waals surface area contributed by atoms with Crippen LogP contribution in [-0.4, -0.2) is 30.1 Å². The lowest BCUT2D eigenvalue weighted by Crippen LogP contribution is -2.59. The van der Waals surface area contributed by atoms with Crippen LogP contribution in [0, 0.1) is 11.8 Å². The van der Waals surface area contributed by atoms with Crippen molar-refractivity contribution in [3.05, 3.63) is 0 Å². The largest absolute Gasteiger partial charge is 0.329 e. The molecule has 0 aromatic rings. The molecule has 3 aliphatic rings. The molecule has 15 heavy (non-hydrogen) atoms. The highest BCUT2D eigenvalue weighted by molar-refractivity contribution is 5.01. The van der Waals surface area contributed by atoms with Crippen molar-refractivity contribution in [1.82, 2.24) is 4.90 Å². The van der Waals surface area contributed by atoms with Gasteiger partial charge in [-0.2, -0.15) is 0 Å². The summed E-state index contributed by atoms with van der Waals surface area (Å²) in [5.41, 5.74) is 6.46. The minimum atomic E-state index is 0.436. The summed E-state index contributed by atoms with van der Waals surface area (Å²) in [5, 5.41) is 0. The second-order valence-corrected chi connectivity index (χ2v) is 6.07. The Hall–Kier alpha value is -0.0800. The molecule has 3 rings (SSSR count). The van der Waals surface area contributed by atoms with Crippen LogP contribution in [0.15, 0.2) is 0 Å². The summed E-state index contributed by atoms with van der Waals surface area (Å²) in [6.45, 7) is 3.60. The van der Waals surface area contributed by atoms with Gasteiger partial charge in [-0.25, -0.2) is 0 Å². The molecule has 0 unspecified atom stereocenters. The molecule has 0 aromatic carbocycles. The maximum atomic E-state index is 6.02. The van der Waals surface area contributed by atoms with E-state index in [9.17, 15) is 0 Å². The molecule has 0 aliphatic heterocycles. The summed E-state index contributed by atoms with van der Waals surface area (Å²) in [5.74, 6) is 2.04. The third-order valence-corrected chi connectivity index (χ3v) is 4.69. The maximum absolute atomic E-state index is 6.02. The highest BCUT2D eigenvalue weighted by Crippen LogP contribution is 2.42. The summed E-state index contributed by atoms with van der Waals surface area (Å²) in [6, 6.07) is 0. The molecular weight excluding hydrogens is 184 g/mol. The summed E-state index contributed by atoms with van der Waals surface area (Å²) < 4.78 is 0. The number of hydrogen-bond donors (Lipinski definition) is 1. The van der Waals surface area contributed by atoms with Crippen LogP contribution in [0.5, 0.6) is 0 Å². The van der Waals surface area contributed by atoms with Crippen LogP contribution in [0.1, 0.15) is 44.9 Å². The summed E-state index contributed by atoms with van der Waals surface area (Å²) >= 11 is 0. The molecule has 2 N–H and O–H groups in total. The van der Waals surface area contributed by atoms with Crippen LogP contribution in [0.25, 0.3) is 0 Å². The van der Waals surface area contributed by atoms with Crippen molar-refractivity contribution in [3.8, 4) is 0 Å². The molecule has 0 atom stereocenters. The van der Waals surface area contributed by atoms with Crippen molar-refractivity contribution in [2.45, 2.75) is 50.5 Å². The van der Waals surface area contributed by atoms with E-state index in [0.717, 1.165) is 18.4 Å². The number of nitrogens with two attached hydrogens (primary N) is 1. The van der Waals surface area contributed by atoms with Crippen molar-refractivity contribution in [1.29, 1.82) is 0 Å². The zero-order valence-electron chi connectivity index (χ0n) is 9.75. The zero-order valence-corrected chi connectivity index (χ0v) is 9.75. The molecule has 3 saturated carbocycles. The SMILES string of the molecule is NCC1(N(CC2CC2)CC2CC2)CCC1. The lowest BCUT2D eigenvalue weighted by molar-refractivity contribution is 0.0157. The first-order valence-electron chi connectivity index (χ1n) is 6.77. The molecule has 2 heteroatoms. The van der Waals surface area contributed by atoms with Gasteiger partial charge in [0.1, 0.15) is 0 Å². The van der Waals surface area contributed by atoms with Gasteiger partial charge in [-0.1, -0.05) is 0 Å². The second-order valence-electron chi connectivity index (χ2n) is 6.07. The van der Waals surface area contributed by atoms with E-state index in [2.05, 4.69) is 4.90 Å². The topological polar surface area (TPSA) is 29.3 Å². The fraction of sp³-hybridized carbons (Fsp3) is 1.00. The lowest BCUT2D eigenvalue weighted by atomic mass is 9.75. The van der Waals surface area contributed by atoms with Gasteiger partial charge in [-0.05, 0) is 56.8 Å². The van der Waals surface area contributed by atoms with Crippen molar-refractivity contribution in [2.24, 2.45) is 17.6 Å². The van der Waals surface area contributed by atoms with Gasteiger partial charge in [0.2, 0.25) is 0 Å². The van der Waals surface area contributed by atoms with Gasteiger partial charge in [0.15, 0.2) is 0 Å². The average Bonchev–Trinajstić information content (AvgIpc) is 2.96. The molecule has 2 nitrogen and oxygen atoms in total. The smallest absolute Gasteiger partial charge is 0.0332 e.